The number of benzene rings is 2. The molecule has 6 aliphatic rings. The molecular weight excluding hydrogens is 1480 g/mol. The molecule has 0 bridgehead atoms. The number of carboxylic acid groups (broad SMARTS) is 1. The van der Waals surface area contributed by atoms with Gasteiger partial charge in [-0.2, -0.15) is 26.3 Å². The zero-order valence-corrected chi connectivity index (χ0v) is 62.2. The molecule has 0 saturated carbocycles. The van der Waals surface area contributed by atoms with E-state index in [1.807, 2.05) is 6.07 Å². The molecule has 6 fully saturated rings. The van der Waals surface area contributed by atoms with Gasteiger partial charge in [0.2, 0.25) is 11.8 Å². The van der Waals surface area contributed by atoms with Crippen molar-refractivity contribution in [3.05, 3.63) is 171 Å². The second-order valence-corrected chi connectivity index (χ2v) is 25.2. The summed E-state index contributed by atoms with van der Waals surface area (Å²) in [5.74, 6) is -4.28. The number of ketones is 1. The van der Waals surface area contributed by atoms with Crippen molar-refractivity contribution in [2.45, 2.75) is 90.4 Å². The van der Waals surface area contributed by atoms with Gasteiger partial charge in [-0.05, 0) is 176 Å². The molecule has 0 radical (unpaired) electrons. The van der Waals surface area contributed by atoms with Gasteiger partial charge in [-0.25, -0.2) is 43.1 Å². The third-order valence-electron chi connectivity index (χ3n) is 17.5. The molecule has 2 aromatic carbocycles. The molecule has 12 rings (SSSR count). The molecule has 0 atom stereocenters. The smallest absolute Gasteiger partial charge is 0.870 e. The number of piperidine rings is 1. The summed E-state index contributed by atoms with van der Waals surface area (Å²) < 4.78 is 115. The molecule has 6 aliphatic heterocycles. The van der Waals surface area contributed by atoms with Crippen LogP contribution < -0.4 is 49.9 Å². The van der Waals surface area contributed by atoms with Gasteiger partial charge in [0, 0.05) is 115 Å². The number of aromatic carboxylic acids is 1. The number of aromatic nitrogens is 4. The zero-order valence-electron chi connectivity index (χ0n) is 60.6. The van der Waals surface area contributed by atoms with E-state index in [-0.39, 0.29) is 131 Å². The van der Waals surface area contributed by atoms with Crippen molar-refractivity contribution >= 4 is 88.8 Å². The van der Waals surface area contributed by atoms with Crippen LogP contribution in [0.15, 0.2) is 110 Å². The second-order valence-electron chi connectivity index (χ2n) is 24.8. The molecule has 25 nitrogen and oxygen atoms in total. The predicted molar refractivity (Wildman–Crippen MR) is 387 cm³/mol. The van der Waals surface area contributed by atoms with Gasteiger partial charge in [-0.3, -0.25) is 24.0 Å². The Kier molecular flexibility index (Phi) is 38.8. The van der Waals surface area contributed by atoms with E-state index >= 15 is 0 Å². The van der Waals surface area contributed by atoms with Crippen molar-refractivity contribution in [2.75, 3.05) is 133 Å². The zero-order chi connectivity index (χ0) is 76.9. The van der Waals surface area contributed by atoms with Crippen molar-refractivity contribution in [1.29, 1.82) is 0 Å². The van der Waals surface area contributed by atoms with E-state index in [0.29, 0.717) is 71.5 Å². The van der Waals surface area contributed by atoms with E-state index in [1.54, 1.807) is 62.5 Å². The first-order valence-electron chi connectivity index (χ1n) is 34.8. The van der Waals surface area contributed by atoms with Crippen molar-refractivity contribution < 1.29 is 112 Å². The number of nitrogens with one attached hydrogen (secondary N) is 2. The maximum atomic E-state index is 13.6. The first-order valence-corrected chi connectivity index (χ1v) is 35.2. The SMILES string of the molecule is C1CCNC1.CCOC(=O)c1ccc(Cl)nc1.CCOC(=O)c1ccc(N2CCCC2)nc1.Cl.NCC(=O)N1CCC(C(=O)c2cc(F)ccc2C(F)(F)F)CC1.O=C(NCC(=O)N1CCN(C(=O)c2cc(F)ccc2C(F)(F)F)CC1)c1ccc(N2CCCC2)nc1.O=C(O)c1ccc(N2CCCC2)nc1.[Li+].[OH-]. The van der Waals surface area contributed by atoms with Gasteiger partial charge in [0.25, 0.3) is 11.8 Å². The number of esters is 2. The molecule has 36 heteroatoms. The number of Topliss-reactive ketones (excluding diaryl/α,β-unsaturated/α-hetero) is 1. The number of likely N-dealkylation sites (tertiary alicyclic amines) is 1. The number of ether oxygens (including phenoxy) is 2. The number of piperazine rings is 1. The monoisotopic (exact) mass is 1570 g/mol. The van der Waals surface area contributed by atoms with Gasteiger partial charge in [0.15, 0.2) is 5.78 Å². The van der Waals surface area contributed by atoms with E-state index in [2.05, 4.69) is 45.3 Å². The van der Waals surface area contributed by atoms with Crippen LogP contribution in [0.5, 0.6) is 0 Å². The molecule has 6 aromatic rings. The van der Waals surface area contributed by atoms with E-state index in [4.69, 9.17) is 31.9 Å². The summed E-state index contributed by atoms with van der Waals surface area (Å²) in [5, 5.41) is 14.8. The molecule has 0 spiro atoms. The summed E-state index contributed by atoms with van der Waals surface area (Å²) in [4.78, 5) is 121. The fourth-order valence-electron chi connectivity index (χ4n) is 11.8. The molecule has 588 valence electrons. The largest absolute Gasteiger partial charge is 1.00 e. The Morgan fingerprint density at radius 1 is 0.532 bits per heavy atom. The van der Waals surface area contributed by atoms with Gasteiger partial charge in [0.1, 0.15) is 34.2 Å². The number of carbonyl (C=O) groups excluding carboxylic acids is 7. The molecule has 4 aromatic heterocycles. The predicted octanol–water partition coefficient (Wildman–Crippen LogP) is 7.55. The van der Waals surface area contributed by atoms with Crippen LogP contribution in [0.4, 0.5) is 52.6 Å². The average molecular weight is 1570 g/mol. The van der Waals surface area contributed by atoms with Crippen LogP contribution in [-0.2, 0) is 31.4 Å². The number of alkyl halides is 6. The Morgan fingerprint density at radius 3 is 1.30 bits per heavy atom. The Labute approximate surface area is 648 Å². The van der Waals surface area contributed by atoms with Gasteiger partial charge < -0.3 is 65.8 Å². The minimum atomic E-state index is -4.81. The number of anilines is 3. The third-order valence-corrected chi connectivity index (χ3v) is 17.8. The number of hydrogen-bond acceptors (Lipinski definition) is 20. The number of nitrogens with zero attached hydrogens (tertiary/aromatic N) is 10. The fraction of sp³-hybridized carbons (Fsp3) is 0.452. The molecule has 10 heterocycles. The van der Waals surface area contributed by atoms with Gasteiger partial charge in [-0.15, -0.1) is 12.4 Å². The van der Waals surface area contributed by atoms with Crippen molar-refractivity contribution in [3.8, 4) is 0 Å². The van der Waals surface area contributed by atoms with Crippen molar-refractivity contribution in [1.82, 2.24) is 45.3 Å². The van der Waals surface area contributed by atoms with Crippen LogP contribution in [0.25, 0.3) is 0 Å². The third kappa shape index (κ3) is 28.7. The quantitative estimate of drug-likeness (QED) is 0.0253. The second kappa shape index (κ2) is 45.8. The van der Waals surface area contributed by atoms with Crippen molar-refractivity contribution in [2.24, 2.45) is 11.7 Å². The van der Waals surface area contributed by atoms with Crippen LogP contribution in [0.1, 0.15) is 151 Å². The van der Waals surface area contributed by atoms with Crippen molar-refractivity contribution in [3.63, 3.8) is 0 Å². The Morgan fingerprint density at radius 2 is 0.927 bits per heavy atom. The van der Waals surface area contributed by atoms with E-state index in [1.165, 1.54) is 80.0 Å². The summed E-state index contributed by atoms with van der Waals surface area (Å²) in [7, 11) is 0. The molecule has 6 saturated heterocycles. The number of rotatable bonds is 15. The average Bonchev–Trinajstić information content (AvgIpc) is 1.64. The van der Waals surface area contributed by atoms with Gasteiger partial charge >= 0.3 is 49.1 Å². The summed E-state index contributed by atoms with van der Waals surface area (Å²) in [6, 6.07) is 17.2. The summed E-state index contributed by atoms with van der Waals surface area (Å²) in [5.41, 5.74) is 2.98. The molecule has 109 heavy (non-hydrogen) atoms. The summed E-state index contributed by atoms with van der Waals surface area (Å²) in [6.45, 7) is 13.0. The number of hydrogen-bond donors (Lipinski definition) is 4. The molecule has 0 unspecified atom stereocenters. The number of halogens is 10. The molecular formula is C73H88Cl2F8LiN13O12. The topological polar surface area (TPSA) is 326 Å². The van der Waals surface area contributed by atoms with Gasteiger partial charge in [-0.1, -0.05) is 11.6 Å². The number of carbonyl (C=O) groups is 8. The summed E-state index contributed by atoms with van der Waals surface area (Å²) >= 11 is 5.53. The van der Waals surface area contributed by atoms with Crippen LogP contribution in [0.2, 0.25) is 5.15 Å². The van der Waals surface area contributed by atoms with Gasteiger partial charge in [0.05, 0.1) is 65.2 Å². The number of pyridine rings is 4. The number of amides is 4. The number of nitrogens with two attached hydrogens (primary N) is 1. The van der Waals surface area contributed by atoms with Crippen LogP contribution in [0, 0.1) is 17.6 Å². The summed E-state index contributed by atoms with van der Waals surface area (Å²) in [6.07, 6.45) is 6.61. The van der Waals surface area contributed by atoms with Crippen LogP contribution >= 0.6 is 24.0 Å². The minimum Gasteiger partial charge on any atom is -0.870 e. The first-order chi connectivity index (χ1) is 50.7. The fourth-order valence-corrected chi connectivity index (χ4v) is 11.9. The maximum absolute atomic E-state index is 13.6. The Bertz CT molecular complexity index is 3880. The number of carboxylic acids is 1. The first kappa shape index (κ1) is 92.3. The van der Waals surface area contributed by atoms with E-state index < -0.39 is 75.7 Å². The van der Waals surface area contributed by atoms with Crippen LogP contribution in [0.3, 0.4) is 0 Å². The van der Waals surface area contributed by atoms with E-state index in [9.17, 15) is 73.5 Å². The standard InChI is InChI=1S/C24H25F4N5O3.C15H16F4N2O2.C12H16N2O2.C10H12N2O2.C8H8ClNO2.C4H9N.ClH.Li.H2O/c25-17-4-5-19(24(26,27)28)18(13-17)23(36)33-11-9-32(10-12-33)21(34)15-30-22(35)16-3-6-20(29-14-16)31-7-1-2-8-31;16-10-1-2-12(15(17,18)19)11(7-10)14(23)9-3-5-21(6-4-9)13(22)8-20;1-2-16-12(15)10-5-6-11(13-9-10)14-7-3-4-8-14;13-10(14)8-3-4-9(11-7-8)12-5-1-2-6-12;1-2-12-8(11)6-3-4-7(9)10-5-6;1-2-4-5-3-1;;;/h3-6,13-14H,1-2,7-12,15H2,(H,30,35);1-2,7,9H,3-6,8,20H2;5-6,9H,2-4,7-8H2,1H3;3-4,7H,1-2,5-6H2,(H,13,14);3-5H,2H2,1H3;5H,1-4H2;1H;;1H2/q;;;;;;;+1;/p-1. The van der Waals surface area contributed by atoms with E-state index in [0.717, 1.165) is 74.5 Å². The van der Waals surface area contributed by atoms with Crippen LogP contribution in [-0.4, -0.2) is 210 Å². The minimum absolute atomic E-state index is 0. The Hall–Kier alpha value is -9.10. The molecule has 0 aliphatic carbocycles. The Balaban J connectivity index is 0.000000297. The molecule has 6 N–H and O–H groups in total. The normalized spacial score (nSPS) is 15.3. The maximum Gasteiger partial charge on any atom is 1.00 e. The molecule has 4 amide bonds.